The van der Waals surface area contributed by atoms with Crippen LogP contribution in [0.4, 0.5) is 0 Å². The molecule has 2 fully saturated rings. The molecule has 144 valence electrons. The molecule has 27 heavy (non-hydrogen) atoms. The lowest BCUT2D eigenvalue weighted by Gasteiger charge is -2.35. The number of H-pyrrole nitrogens is 1. The molecule has 3 heterocycles. The van der Waals surface area contributed by atoms with Crippen molar-refractivity contribution in [2.75, 3.05) is 39.3 Å². The van der Waals surface area contributed by atoms with Crippen molar-refractivity contribution in [1.29, 1.82) is 0 Å². The molecule has 2 saturated heterocycles. The normalized spacial score (nSPS) is 21.4. The average Bonchev–Trinajstić information content (AvgIpc) is 3.20. The van der Waals surface area contributed by atoms with E-state index in [2.05, 4.69) is 26.5 Å². The SMILES string of the molecule is O=C(c1cn[nH]c1C1CCCNC1)N1CCN(Cc2ccccc2Cl)CC1. The van der Waals surface area contributed by atoms with E-state index in [1.165, 1.54) is 0 Å². The van der Waals surface area contributed by atoms with Crippen molar-refractivity contribution in [2.24, 2.45) is 0 Å². The fourth-order valence-corrected chi connectivity index (χ4v) is 4.22. The lowest BCUT2D eigenvalue weighted by atomic mass is 9.93. The van der Waals surface area contributed by atoms with Gasteiger partial charge in [-0.1, -0.05) is 29.8 Å². The summed E-state index contributed by atoms with van der Waals surface area (Å²) in [6.45, 7) is 5.97. The molecule has 0 aliphatic carbocycles. The predicted molar refractivity (Wildman–Crippen MR) is 106 cm³/mol. The number of piperidine rings is 1. The molecular formula is C20H26ClN5O. The third-order valence-electron chi connectivity index (χ3n) is 5.62. The van der Waals surface area contributed by atoms with E-state index in [1.807, 2.05) is 23.1 Å². The topological polar surface area (TPSA) is 64.3 Å². The van der Waals surface area contributed by atoms with E-state index < -0.39 is 0 Å². The van der Waals surface area contributed by atoms with E-state index in [9.17, 15) is 4.79 Å². The fourth-order valence-electron chi connectivity index (χ4n) is 4.02. The van der Waals surface area contributed by atoms with Crippen LogP contribution in [0.5, 0.6) is 0 Å². The van der Waals surface area contributed by atoms with Gasteiger partial charge in [0.25, 0.3) is 5.91 Å². The maximum absolute atomic E-state index is 13.0. The minimum absolute atomic E-state index is 0.0988. The lowest BCUT2D eigenvalue weighted by molar-refractivity contribution is 0.0626. The number of amides is 1. The predicted octanol–water partition coefficient (Wildman–Crippen LogP) is 2.49. The molecule has 1 aromatic heterocycles. The zero-order valence-electron chi connectivity index (χ0n) is 15.5. The van der Waals surface area contributed by atoms with E-state index in [0.29, 0.717) is 5.92 Å². The molecule has 0 saturated carbocycles. The molecule has 4 rings (SSSR count). The number of carbonyl (C=O) groups excluding carboxylic acids is 1. The van der Waals surface area contributed by atoms with Crippen molar-refractivity contribution >= 4 is 17.5 Å². The van der Waals surface area contributed by atoms with Crippen LogP contribution in [0, 0.1) is 0 Å². The number of aromatic amines is 1. The Balaban J connectivity index is 1.37. The van der Waals surface area contributed by atoms with Gasteiger partial charge in [-0.05, 0) is 31.0 Å². The standard InChI is InChI=1S/C20H26ClN5O/c21-18-6-2-1-4-16(18)14-25-8-10-26(11-9-25)20(27)17-13-23-24-19(17)15-5-3-7-22-12-15/h1-2,4,6,13,15,22H,3,5,7-12,14H2,(H,23,24). The Morgan fingerprint density at radius 1 is 1.22 bits per heavy atom. The van der Waals surface area contributed by atoms with Gasteiger partial charge in [-0.15, -0.1) is 0 Å². The molecule has 1 amide bonds. The van der Waals surface area contributed by atoms with Gasteiger partial charge in [0.15, 0.2) is 0 Å². The number of halogens is 1. The van der Waals surface area contributed by atoms with Crippen molar-refractivity contribution in [1.82, 2.24) is 25.3 Å². The first-order valence-corrected chi connectivity index (χ1v) is 10.1. The Hall–Kier alpha value is -1.89. The first kappa shape index (κ1) is 18.5. The fraction of sp³-hybridized carbons (Fsp3) is 0.500. The smallest absolute Gasteiger partial charge is 0.257 e. The van der Waals surface area contributed by atoms with Crippen LogP contribution in [-0.4, -0.2) is 65.2 Å². The minimum atomic E-state index is 0.0988. The molecule has 0 spiro atoms. The number of aromatic nitrogens is 2. The molecule has 2 aliphatic heterocycles. The highest BCUT2D eigenvalue weighted by atomic mass is 35.5. The van der Waals surface area contributed by atoms with Gasteiger partial charge in [0.1, 0.15) is 0 Å². The summed E-state index contributed by atoms with van der Waals surface area (Å²) in [4.78, 5) is 17.4. The number of benzene rings is 1. The summed E-state index contributed by atoms with van der Waals surface area (Å²) < 4.78 is 0. The number of hydrogen-bond acceptors (Lipinski definition) is 4. The highest BCUT2D eigenvalue weighted by Crippen LogP contribution is 2.25. The van der Waals surface area contributed by atoms with Crippen LogP contribution < -0.4 is 5.32 Å². The van der Waals surface area contributed by atoms with Gasteiger partial charge in [-0.3, -0.25) is 14.8 Å². The number of rotatable bonds is 4. The monoisotopic (exact) mass is 387 g/mol. The molecule has 1 unspecified atom stereocenters. The van der Waals surface area contributed by atoms with E-state index in [-0.39, 0.29) is 5.91 Å². The first-order valence-electron chi connectivity index (χ1n) is 9.71. The van der Waals surface area contributed by atoms with Gasteiger partial charge in [-0.25, -0.2) is 0 Å². The summed E-state index contributed by atoms with van der Waals surface area (Å²) in [5, 5.41) is 11.5. The molecule has 1 aromatic carbocycles. The van der Waals surface area contributed by atoms with Crippen LogP contribution in [0.1, 0.15) is 40.4 Å². The Kier molecular flexibility index (Phi) is 5.76. The van der Waals surface area contributed by atoms with Crippen molar-refractivity contribution in [3.05, 3.63) is 52.3 Å². The molecule has 2 aliphatic rings. The summed E-state index contributed by atoms with van der Waals surface area (Å²) in [7, 11) is 0. The highest BCUT2D eigenvalue weighted by molar-refractivity contribution is 6.31. The summed E-state index contributed by atoms with van der Waals surface area (Å²) in [5.74, 6) is 0.448. The van der Waals surface area contributed by atoms with Gasteiger partial charge in [0.2, 0.25) is 0 Å². The molecule has 0 radical (unpaired) electrons. The molecule has 2 N–H and O–H groups in total. The average molecular weight is 388 g/mol. The highest BCUT2D eigenvalue weighted by Gasteiger charge is 2.28. The zero-order valence-corrected chi connectivity index (χ0v) is 16.2. The van der Waals surface area contributed by atoms with E-state index in [4.69, 9.17) is 11.6 Å². The molecule has 6 nitrogen and oxygen atoms in total. The third-order valence-corrected chi connectivity index (χ3v) is 5.98. The molecule has 0 bridgehead atoms. The van der Waals surface area contributed by atoms with Crippen LogP contribution in [-0.2, 0) is 6.54 Å². The van der Waals surface area contributed by atoms with Crippen molar-refractivity contribution < 1.29 is 4.79 Å². The molecule has 7 heteroatoms. The summed E-state index contributed by atoms with van der Waals surface area (Å²) in [5.41, 5.74) is 2.87. The maximum atomic E-state index is 13.0. The maximum Gasteiger partial charge on any atom is 0.257 e. The van der Waals surface area contributed by atoms with E-state index >= 15 is 0 Å². The number of nitrogens with zero attached hydrogens (tertiary/aromatic N) is 3. The first-order chi connectivity index (χ1) is 13.2. The second-order valence-corrected chi connectivity index (χ2v) is 7.81. The van der Waals surface area contributed by atoms with Gasteiger partial charge < -0.3 is 10.2 Å². The Morgan fingerprint density at radius 3 is 2.78 bits per heavy atom. The van der Waals surface area contributed by atoms with Crippen molar-refractivity contribution in [2.45, 2.75) is 25.3 Å². The van der Waals surface area contributed by atoms with Gasteiger partial charge in [0, 0.05) is 50.2 Å². The number of piperazine rings is 1. The van der Waals surface area contributed by atoms with Gasteiger partial charge in [-0.2, -0.15) is 5.10 Å². The Labute approximate surface area is 164 Å². The van der Waals surface area contributed by atoms with Crippen LogP contribution in [0.3, 0.4) is 0 Å². The molecule has 1 atom stereocenters. The Morgan fingerprint density at radius 2 is 2.04 bits per heavy atom. The van der Waals surface area contributed by atoms with E-state index in [1.54, 1.807) is 6.20 Å². The van der Waals surface area contributed by atoms with Crippen molar-refractivity contribution in [3.8, 4) is 0 Å². The number of carbonyl (C=O) groups is 1. The zero-order chi connectivity index (χ0) is 18.6. The van der Waals surface area contributed by atoms with Crippen LogP contribution in [0.15, 0.2) is 30.5 Å². The third kappa shape index (κ3) is 4.18. The summed E-state index contributed by atoms with van der Waals surface area (Å²) >= 11 is 6.27. The van der Waals surface area contributed by atoms with Gasteiger partial charge in [0.05, 0.1) is 17.5 Å². The van der Waals surface area contributed by atoms with Crippen LogP contribution >= 0.6 is 11.6 Å². The molecular weight excluding hydrogens is 362 g/mol. The van der Waals surface area contributed by atoms with Crippen molar-refractivity contribution in [3.63, 3.8) is 0 Å². The second-order valence-electron chi connectivity index (χ2n) is 7.40. The Bertz CT molecular complexity index is 778. The summed E-state index contributed by atoms with van der Waals surface area (Å²) in [6.07, 6.45) is 3.93. The summed E-state index contributed by atoms with van der Waals surface area (Å²) in [6, 6.07) is 7.96. The van der Waals surface area contributed by atoms with Crippen LogP contribution in [0.25, 0.3) is 0 Å². The number of hydrogen-bond donors (Lipinski definition) is 2. The molecule has 2 aromatic rings. The van der Waals surface area contributed by atoms with Crippen LogP contribution in [0.2, 0.25) is 5.02 Å². The second kappa shape index (κ2) is 8.42. The number of nitrogens with one attached hydrogen (secondary N) is 2. The lowest BCUT2D eigenvalue weighted by Crippen LogP contribution is -2.48. The largest absolute Gasteiger partial charge is 0.336 e. The van der Waals surface area contributed by atoms with E-state index in [0.717, 1.165) is 80.5 Å². The minimum Gasteiger partial charge on any atom is -0.336 e. The van der Waals surface area contributed by atoms with Gasteiger partial charge >= 0.3 is 0 Å². The quantitative estimate of drug-likeness (QED) is 0.846.